The monoisotopic (exact) mass is 609 g/mol. The summed E-state index contributed by atoms with van der Waals surface area (Å²) < 4.78 is 66.9. The van der Waals surface area contributed by atoms with Gasteiger partial charge in [-0.1, -0.05) is 24.3 Å². The van der Waals surface area contributed by atoms with Crippen molar-refractivity contribution < 1.29 is 22.3 Å². The average Bonchev–Trinajstić information content (AvgIpc) is 3.19. The largest absolute Gasteiger partial charge is 0.497 e. The molecule has 2 N–H and O–H groups in total. The van der Waals surface area contributed by atoms with Crippen molar-refractivity contribution in [3.8, 4) is 28.3 Å². The van der Waals surface area contributed by atoms with E-state index in [4.69, 9.17) is 9.84 Å². The highest BCUT2D eigenvalue weighted by Gasteiger charge is 2.32. The van der Waals surface area contributed by atoms with Crippen molar-refractivity contribution in [2.24, 2.45) is 0 Å². The van der Waals surface area contributed by atoms with Gasteiger partial charge in [-0.05, 0) is 64.0 Å². The van der Waals surface area contributed by atoms with Crippen LogP contribution in [0.5, 0.6) is 5.75 Å². The molecular formula is C29H20BrF4N5O. The molecule has 0 bridgehead atoms. The number of halogens is 5. The Kier molecular flexibility index (Phi) is 6.67. The number of benzene rings is 3. The van der Waals surface area contributed by atoms with Crippen LogP contribution >= 0.6 is 15.9 Å². The lowest BCUT2D eigenvalue weighted by atomic mass is 10.1. The third kappa shape index (κ3) is 4.56. The third-order valence-electron chi connectivity index (χ3n) is 6.65. The first-order chi connectivity index (χ1) is 19.3. The lowest BCUT2D eigenvalue weighted by Gasteiger charge is -2.22. The number of nitrogens with zero attached hydrogens (tertiary/aromatic N) is 3. The van der Waals surface area contributed by atoms with E-state index in [1.54, 1.807) is 30.0 Å². The van der Waals surface area contributed by atoms with Crippen molar-refractivity contribution in [1.29, 1.82) is 0 Å². The number of aromatic nitrogens is 3. The smallest absolute Gasteiger partial charge is 0.168 e. The van der Waals surface area contributed by atoms with Gasteiger partial charge in [-0.2, -0.15) is 5.10 Å². The molecule has 6 nitrogen and oxygen atoms in total. The molecule has 3 heterocycles. The highest BCUT2D eigenvalue weighted by Crippen LogP contribution is 2.46. The first kappa shape index (κ1) is 25.9. The van der Waals surface area contributed by atoms with Gasteiger partial charge in [0.2, 0.25) is 0 Å². The Morgan fingerprint density at radius 1 is 0.900 bits per heavy atom. The molecule has 6 rings (SSSR count). The number of methoxy groups -OCH3 is 1. The number of nitrogens with one attached hydrogen (secondary N) is 2. The summed E-state index contributed by atoms with van der Waals surface area (Å²) in [5.41, 5.74) is 2.30. The summed E-state index contributed by atoms with van der Waals surface area (Å²) in [6.45, 7) is 0.239. The van der Waals surface area contributed by atoms with Crippen molar-refractivity contribution in [3.63, 3.8) is 0 Å². The van der Waals surface area contributed by atoms with Crippen molar-refractivity contribution in [2.75, 3.05) is 17.7 Å². The summed E-state index contributed by atoms with van der Waals surface area (Å²) in [6.07, 6.45) is 0.382. The van der Waals surface area contributed by atoms with Gasteiger partial charge < -0.3 is 15.4 Å². The summed E-state index contributed by atoms with van der Waals surface area (Å²) in [4.78, 5) is 4.29. The molecule has 0 spiro atoms. The number of fused-ring (bicyclic) bond motifs is 3. The van der Waals surface area contributed by atoms with E-state index in [1.807, 2.05) is 12.1 Å². The van der Waals surface area contributed by atoms with E-state index in [9.17, 15) is 13.2 Å². The first-order valence-corrected chi connectivity index (χ1v) is 12.9. The van der Waals surface area contributed by atoms with Crippen LogP contribution in [0.1, 0.15) is 17.3 Å². The Bertz CT molecular complexity index is 1720. The Balaban J connectivity index is 1.62. The minimum atomic E-state index is -1.14. The highest BCUT2D eigenvalue weighted by molar-refractivity contribution is 9.10. The van der Waals surface area contributed by atoms with Gasteiger partial charge in [0.25, 0.3) is 0 Å². The van der Waals surface area contributed by atoms with E-state index in [0.717, 1.165) is 23.8 Å². The number of hydrogen-bond acceptors (Lipinski definition) is 5. The zero-order valence-corrected chi connectivity index (χ0v) is 22.4. The quantitative estimate of drug-likeness (QED) is 0.159. The molecule has 0 saturated carbocycles. The normalized spacial score (nSPS) is 14.0. The molecule has 0 fully saturated rings. The fourth-order valence-electron chi connectivity index (χ4n) is 4.77. The topological polar surface area (TPSA) is 64.0 Å². The maximum atomic E-state index is 15.2. The maximum absolute atomic E-state index is 15.2. The van der Waals surface area contributed by atoms with Gasteiger partial charge in [0.15, 0.2) is 11.6 Å². The van der Waals surface area contributed by atoms with Crippen molar-refractivity contribution in [3.05, 3.63) is 112 Å². The molecule has 1 aliphatic rings. The second-order valence-electron chi connectivity index (χ2n) is 9.09. The van der Waals surface area contributed by atoms with Crippen LogP contribution in [-0.2, 0) is 6.54 Å². The number of hydrogen-bond donors (Lipinski definition) is 2. The molecule has 40 heavy (non-hydrogen) atoms. The first-order valence-electron chi connectivity index (χ1n) is 12.1. The van der Waals surface area contributed by atoms with Crippen molar-refractivity contribution in [2.45, 2.75) is 12.7 Å². The van der Waals surface area contributed by atoms with Crippen LogP contribution in [0.2, 0.25) is 0 Å². The highest BCUT2D eigenvalue weighted by atomic mass is 79.9. The van der Waals surface area contributed by atoms with Gasteiger partial charge in [0, 0.05) is 11.1 Å². The van der Waals surface area contributed by atoms with Crippen LogP contribution in [0.25, 0.3) is 22.5 Å². The van der Waals surface area contributed by atoms with Crippen LogP contribution in [-0.4, -0.2) is 21.9 Å². The van der Waals surface area contributed by atoms with E-state index in [-0.39, 0.29) is 29.1 Å². The summed E-state index contributed by atoms with van der Waals surface area (Å²) in [6, 6.07) is 16.4. The molecule has 0 amide bonds. The van der Waals surface area contributed by atoms with E-state index in [1.165, 1.54) is 24.4 Å². The second-order valence-corrected chi connectivity index (χ2v) is 9.90. The second kappa shape index (κ2) is 10.3. The minimum absolute atomic E-state index is 0.0739. The van der Waals surface area contributed by atoms with Crippen LogP contribution in [0, 0.1) is 23.3 Å². The molecule has 202 valence electrons. The summed E-state index contributed by atoms with van der Waals surface area (Å²) in [5.74, 6) is -3.05. The van der Waals surface area contributed by atoms with Crippen LogP contribution < -0.4 is 15.4 Å². The van der Waals surface area contributed by atoms with Crippen molar-refractivity contribution >= 4 is 27.3 Å². The molecule has 0 saturated heterocycles. The van der Waals surface area contributed by atoms with Crippen LogP contribution in [0.4, 0.5) is 28.9 Å². The zero-order valence-electron chi connectivity index (χ0n) is 20.9. The Labute approximate surface area is 234 Å². The van der Waals surface area contributed by atoms with E-state index < -0.39 is 29.4 Å². The number of pyridine rings is 1. The Morgan fingerprint density at radius 2 is 1.60 bits per heavy atom. The Hall–Kier alpha value is -4.38. The van der Waals surface area contributed by atoms with Crippen molar-refractivity contribution in [1.82, 2.24) is 14.8 Å². The fraction of sp³-hybridized carbons (Fsp3) is 0.103. The molecule has 1 aliphatic heterocycles. The van der Waals surface area contributed by atoms with Gasteiger partial charge in [-0.3, -0.25) is 4.68 Å². The van der Waals surface area contributed by atoms with E-state index >= 15 is 4.39 Å². The zero-order chi connectivity index (χ0) is 28.0. The van der Waals surface area contributed by atoms with E-state index in [0.29, 0.717) is 27.3 Å². The summed E-state index contributed by atoms with van der Waals surface area (Å²) in [5, 5.41) is 11.0. The maximum Gasteiger partial charge on any atom is 0.168 e. The minimum Gasteiger partial charge on any atom is -0.497 e. The summed E-state index contributed by atoms with van der Waals surface area (Å²) >= 11 is 3.40. The molecule has 1 atom stereocenters. The summed E-state index contributed by atoms with van der Waals surface area (Å²) in [7, 11) is 1.57. The average molecular weight is 610 g/mol. The molecular weight excluding hydrogens is 590 g/mol. The lowest BCUT2D eigenvalue weighted by Crippen LogP contribution is -2.22. The van der Waals surface area contributed by atoms with Gasteiger partial charge >= 0.3 is 0 Å². The SMILES string of the molecule is COc1ccc(Cn2nc(-c3cccc(F)c3F)c3c2-c2cc(Br)ncc2NC(c2c(F)cccc2F)N3)cc1. The number of rotatable bonds is 5. The molecule has 11 heteroatoms. The van der Waals surface area contributed by atoms with E-state index in [2.05, 4.69) is 31.5 Å². The molecule has 3 aromatic carbocycles. The molecule has 2 aromatic heterocycles. The molecule has 5 aromatic rings. The lowest BCUT2D eigenvalue weighted by molar-refractivity contribution is 0.414. The molecule has 1 unspecified atom stereocenters. The van der Waals surface area contributed by atoms with Gasteiger partial charge in [-0.25, -0.2) is 22.5 Å². The van der Waals surface area contributed by atoms with Crippen LogP contribution in [0.3, 0.4) is 0 Å². The molecule has 0 aliphatic carbocycles. The number of anilines is 2. The fourth-order valence-corrected chi connectivity index (χ4v) is 5.10. The number of ether oxygens (including phenoxy) is 1. The third-order valence-corrected chi connectivity index (χ3v) is 7.09. The standard InChI is InChI=1S/C29H20BrF4N5O/c1-40-16-10-8-15(9-11-16)14-39-28-18-12-23(30)35-13-22(18)36-29(24-19(31)5-3-6-20(24)32)37-27(28)26(38-39)17-4-2-7-21(33)25(17)34/h2-13,29,36-37H,14H2,1H3. The predicted molar refractivity (Wildman–Crippen MR) is 147 cm³/mol. The van der Waals surface area contributed by atoms with Gasteiger partial charge in [0.05, 0.1) is 42.5 Å². The van der Waals surface area contributed by atoms with Gasteiger partial charge in [-0.15, -0.1) is 0 Å². The van der Waals surface area contributed by atoms with Crippen LogP contribution in [0.15, 0.2) is 77.5 Å². The van der Waals surface area contributed by atoms with Gasteiger partial charge in [0.1, 0.15) is 33.8 Å². The molecule has 0 radical (unpaired) electrons. The predicted octanol–water partition coefficient (Wildman–Crippen LogP) is 7.52. The Morgan fingerprint density at radius 3 is 2.33 bits per heavy atom.